The molecule has 0 aliphatic rings. The van der Waals surface area contributed by atoms with Gasteiger partial charge in [0.05, 0.1) is 0 Å². The lowest BCUT2D eigenvalue weighted by Gasteiger charge is -2.13. The van der Waals surface area contributed by atoms with Gasteiger partial charge in [0, 0.05) is 38.0 Å². The molecular weight excluding hydrogens is 250 g/mol. The molecule has 0 radical (unpaired) electrons. The van der Waals surface area contributed by atoms with Crippen LogP contribution in [0.4, 0.5) is 11.6 Å². The van der Waals surface area contributed by atoms with Gasteiger partial charge in [0.1, 0.15) is 17.5 Å². The smallest absolute Gasteiger partial charge is 0.134 e. The fourth-order valence-electron chi connectivity index (χ4n) is 2.01. The first kappa shape index (κ1) is 14.2. The van der Waals surface area contributed by atoms with Gasteiger partial charge in [0.2, 0.25) is 0 Å². The number of hydrogen-bond donors (Lipinski definition) is 2. The highest BCUT2D eigenvalue weighted by Gasteiger charge is 2.08. The van der Waals surface area contributed by atoms with E-state index in [1.807, 2.05) is 26.2 Å². The lowest BCUT2D eigenvalue weighted by molar-refractivity contribution is 0.916. The minimum atomic E-state index is 0.826. The van der Waals surface area contributed by atoms with Crippen LogP contribution in [0.2, 0.25) is 0 Å². The molecule has 106 valence electrons. The number of nitrogens with zero attached hydrogens (tertiary/aromatic N) is 3. The van der Waals surface area contributed by atoms with Gasteiger partial charge in [-0.3, -0.25) is 4.98 Å². The van der Waals surface area contributed by atoms with E-state index in [0.717, 1.165) is 42.4 Å². The Labute approximate surface area is 119 Å². The van der Waals surface area contributed by atoms with Crippen LogP contribution in [0.25, 0.3) is 0 Å². The van der Waals surface area contributed by atoms with Gasteiger partial charge >= 0.3 is 0 Å². The summed E-state index contributed by atoms with van der Waals surface area (Å²) >= 11 is 0. The molecule has 0 bridgehead atoms. The maximum Gasteiger partial charge on any atom is 0.134 e. The number of aryl methyl sites for hydroxylation is 1. The van der Waals surface area contributed by atoms with Crippen LogP contribution < -0.4 is 10.6 Å². The zero-order valence-corrected chi connectivity index (χ0v) is 12.3. The largest absolute Gasteiger partial charge is 0.373 e. The number of rotatable bonds is 6. The van der Waals surface area contributed by atoms with Gasteiger partial charge in [0.15, 0.2) is 0 Å². The highest BCUT2D eigenvalue weighted by atomic mass is 15.1. The third-order valence-electron chi connectivity index (χ3n) is 3.17. The third-order valence-corrected chi connectivity index (χ3v) is 3.17. The summed E-state index contributed by atoms with van der Waals surface area (Å²) < 4.78 is 0. The molecule has 0 aromatic carbocycles. The monoisotopic (exact) mass is 271 g/mol. The fourth-order valence-corrected chi connectivity index (χ4v) is 2.01. The molecule has 5 heteroatoms. The van der Waals surface area contributed by atoms with Crippen LogP contribution in [0.3, 0.4) is 0 Å². The van der Waals surface area contributed by atoms with Crippen LogP contribution >= 0.6 is 0 Å². The first-order valence-corrected chi connectivity index (χ1v) is 6.92. The summed E-state index contributed by atoms with van der Waals surface area (Å²) in [4.78, 5) is 13.1. The predicted molar refractivity (Wildman–Crippen MR) is 82.1 cm³/mol. The number of aromatic nitrogens is 3. The molecule has 0 amide bonds. The van der Waals surface area contributed by atoms with Crippen LogP contribution in [0.5, 0.6) is 0 Å². The number of hydrogen-bond acceptors (Lipinski definition) is 5. The molecule has 0 saturated heterocycles. The second kappa shape index (κ2) is 6.84. The summed E-state index contributed by atoms with van der Waals surface area (Å²) in [5, 5.41) is 6.51. The summed E-state index contributed by atoms with van der Waals surface area (Å²) in [6, 6.07) is 4.04. The summed E-state index contributed by atoms with van der Waals surface area (Å²) in [5.74, 6) is 2.65. The van der Waals surface area contributed by atoms with Crippen molar-refractivity contribution in [2.45, 2.75) is 26.7 Å². The first-order chi connectivity index (χ1) is 9.74. The highest BCUT2D eigenvalue weighted by Crippen LogP contribution is 2.19. The third kappa shape index (κ3) is 3.44. The van der Waals surface area contributed by atoms with Crippen LogP contribution in [0.1, 0.15) is 23.9 Å². The Hall–Kier alpha value is -2.17. The number of nitrogens with one attached hydrogen (secondary N) is 2. The minimum absolute atomic E-state index is 0.826. The molecule has 0 atom stereocenters. The Bertz CT molecular complexity index is 554. The van der Waals surface area contributed by atoms with E-state index in [1.165, 1.54) is 5.56 Å². The van der Waals surface area contributed by atoms with Crippen molar-refractivity contribution >= 4 is 11.6 Å². The number of anilines is 2. The standard InChI is InChI=1S/C15H21N5/c1-4-13-19-14(16-3)11(2)15(20-13)18-9-7-12-6-5-8-17-10-12/h5-6,8,10H,4,7,9H2,1-3H3,(H2,16,18,19,20). The maximum atomic E-state index is 4.55. The van der Waals surface area contributed by atoms with Crippen LogP contribution in [0, 0.1) is 6.92 Å². The molecule has 2 heterocycles. The van der Waals surface area contributed by atoms with Crippen LogP contribution in [0.15, 0.2) is 24.5 Å². The van der Waals surface area contributed by atoms with Gasteiger partial charge < -0.3 is 10.6 Å². The van der Waals surface area contributed by atoms with E-state index < -0.39 is 0 Å². The Morgan fingerprint density at radius 2 is 2.00 bits per heavy atom. The maximum absolute atomic E-state index is 4.55. The van der Waals surface area contributed by atoms with Crippen molar-refractivity contribution in [2.24, 2.45) is 0 Å². The lowest BCUT2D eigenvalue weighted by atomic mass is 10.2. The quantitative estimate of drug-likeness (QED) is 0.845. The minimum Gasteiger partial charge on any atom is -0.373 e. The average Bonchev–Trinajstić information content (AvgIpc) is 2.50. The second-order valence-electron chi connectivity index (χ2n) is 4.60. The molecule has 0 spiro atoms. The Morgan fingerprint density at radius 1 is 1.20 bits per heavy atom. The molecule has 0 unspecified atom stereocenters. The van der Waals surface area contributed by atoms with Gasteiger partial charge in [0.25, 0.3) is 0 Å². The van der Waals surface area contributed by atoms with Gasteiger partial charge in [-0.25, -0.2) is 9.97 Å². The molecule has 0 fully saturated rings. The zero-order valence-electron chi connectivity index (χ0n) is 12.3. The molecular formula is C15H21N5. The van der Waals surface area contributed by atoms with Crippen LogP contribution in [-0.2, 0) is 12.8 Å². The summed E-state index contributed by atoms with van der Waals surface area (Å²) in [6.45, 7) is 4.91. The highest BCUT2D eigenvalue weighted by molar-refractivity contribution is 5.57. The van der Waals surface area contributed by atoms with Gasteiger partial charge in [-0.1, -0.05) is 13.0 Å². The van der Waals surface area contributed by atoms with Gasteiger partial charge in [-0.05, 0) is 25.0 Å². The Balaban J connectivity index is 2.05. The first-order valence-electron chi connectivity index (χ1n) is 6.92. The predicted octanol–water partition coefficient (Wildman–Crippen LogP) is 2.44. The van der Waals surface area contributed by atoms with E-state index in [9.17, 15) is 0 Å². The van der Waals surface area contributed by atoms with Crippen molar-refractivity contribution < 1.29 is 0 Å². The lowest BCUT2D eigenvalue weighted by Crippen LogP contribution is -2.11. The van der Waals surface area contributed by atoms with Crippen molar-refractivity contribution in [3.63, 3.8) is 0 Å². The van der Waals surface area contributed by atoms with Crippen molar-refractivity contribution in [3.8, 4) is 0 Å². The van der Waals surface area contributed by atoms with E-state index in [0.29, 0.717) is 0 Å². The SMILES string of the molecule is CCc1nc(NC)c(C)c(NCCc2cccnc2)n1. The summed E-state index contributed by atoms with van der Waals surface area (Å²) in [5.41, 5.74) is 2.27. The molecule has 2 rings (SSSR count). The molecule has 0 saturated carbocycles. The molecule has 2 aromatic heterocycles. The van der Waals surface area contributed by atoms with Crippen molar-refractivity contribution in [3.05, 3.63) is 41.5 Å². The summed E-state index contributed by atoms with van der Waals surface area (Å²) in [7, 11) is 1.88. The molecule has 0 aliphatic heterocycles. The van der Waals surface area contributed by atoms with Crippen molar-refractivity contribution in [1.82, 2.24) is 15.0 Å². The second-order valence-corrected chi connectivity index (χ2v) is 4.60. The van der Waals surface area contributed by atoms with Crippen molar-refractivity contribution in [2.75, 3.05) is 24.2 Å². The number of pyridine rings is 1. The van der Waals surface area contributed by atoms with Gasteiger partial charge in [-0.15, -0.1) is 0 Å². The Kier molecular flexibility index (Phi) is 4.87. The van der Waals surface area contributed by atoms with E-state index in [2.05, 4.69) is 38.6 Å². The fraction of sp³-hybridized carbons (Fsp3) is 0.400. The molecule has 2 aromatic rings. The molecule has 2 N–H and O–H groups in total. The van der Waals surface area contributed by atoms with Gasteiger partial charge in [-0.2, -0.15) is 0 Å². The van der Waals surface area contributed by atoms with E-state index >= 15 is 0 Å². The van der Waals surface area contributed by atoms with E-state index in [1.54, 1.807) is 6.20 Å². The normalized spacial score (nSPS) is 10.3. The summed E-state index contributed by atoms with van der Waals surface area (Å²) in [6.07, 6.45) is 5.43. The van der Waals surface area contributed by atoms with E-state index in [4.69, 9.17) is 0 Å². The Morgan fingerprint density at radius 3 is 2.65 bits per heavy atom. The zero-order chi connectivity index (χ0) is 14.4. The molecule has 20 heavy (non-hydrogen) atoms. The average molecular weight is 271 g/mol. The topological polar surface area (TPSA) is 62.7 Å². The van der Waals surface area contributed by atoms with E-state index in [-0.39, 0.29) is 0 Å². The molecule has 0 aliphatic carbocycles. The van der Waals surface area contributed by atoms with Crippen molar-refractivity contribution in [1.29, 1.82) is 0 Å². The molecule has 5 nitrogen and oxygen atoms in total. The van der Waals surface area contributed by atoms with Crippen LogP contribution in [-0.4, -0.2) is 28.5 Å².